The molecule has 0 aliphatic rings. The second-order valence-corrected chi connectivity index (χ2v) is 5.33. The van der Waals surface area contributed by atoms with Gasteiger partial charge < -0.3 is 15.4 Å². The number of unbranched alkanes of at least 4 members (excludes halogenated alkanes) is 2. The van der Waals surface area contributed by atoms with Gasteiger partial charge in [-0.2, -0.15) is 0 Å². The van der Waals surface area contributed by atoms with Crippen molar-refractivity contribution < 1.29 is 9.53 Å². The topological polar surface area (TPSA) is 76.1 Å². The molecule has 0 bridgehead atoms. The van der Waals surface area contributed by atoms with Crippen LogP contribution in [0.15, 0.2) is 36.7 Å². The van der Waals surface area contributed by atoms with Gasteiger partial charge in [-0.3, -0.25) is 4.79 Å². The van der Waals surface area contributed by atoms with Crippen LogP contribution in [0, 0.1) is 0 Å². The summed E-state index contributed by atoms with van der Waals surface area (Å²) in [5.74, 6) is 1.22. The first-order valence-corrected chi connectivity index (χ1v) is 8.33. The molecule has 0 spiro atoms. The van der Waals surface area contributed by atoms with Gasteiger partial charge in [-0.25, -0.2) is 9.97 Å². The predicted molar refractivity (Wildman–Crippen MR) is 94.8 cm³/mol. The van der Waals surface area contributed by atoms with Crippen molar-refractivity contribution in [2.24, 2.45) is 0 Å². The maximum absolute atomic E-state index is 12.1. The largest absolute Gasteiger partial charge is 0.494 e. The molecule has 0 fully saturated rings. The lowest BCUT2D eigenvalue weighted by atomic mass is 10.2. The second kappa shape index (κ2) is 9.50. The van der Waals surface area contributed by atoms with Crippen molar-refractivity contribution >= 4 is 17.4 Å². The van der Waals surface area contributed by atoms with Crippen LogP contribution < -0.4 is 15.4 Å². The number of carbonyl (C=O) groups is 1. The van der Waals surface area contributed by atoms with E-state index < -0.39 is 0 Å². The first-order chi connectivity index (χ1) is 11.7. The minimum absolute atomic E-state index is 0.178. The average Bonchev–Trinajstić information content (AvgIpc) is 2.61. The minimum atomic E-state index is -0.178. The third-order valence-corrected chi connectivity index (χ3v) is 3.40. The molecule has 1 amide bonds. The van der Waals surface area contributed by atoms with E-state index >= 15 is 0 Å². The third-order valence-electron chi connectivity index (χ3n) is 3.40. The molecular formula is C18H24N4O2. The van der Waals surface area contributed by atoms with Gasteiger partial charge in [-0.15, -0.1) is 0 Å². The van der Waals surface area contributed by atoms with Crippen molar-refractivity contribution in [1.29, 1.82) is 0 Å². The standard InChI is InChI=1S/C18H24N4O2/c1-3-5-6-11-19-18(23)16-12-17(21-13-20-16)22-14-7-9-15(10-8-14)24-4-2/h7-10,12-13H,3-6,11H2,1-2H3,(H,19,23)(H,20,21,22). The molecule has 0 saturated heterocycles. The summed E-state index contributed by atoms with van der Waals surface area (Å²) in [5, 5.41) is 6.03. The molecule has 2 aromatic rings. The highest BCUT2D eigenvalue weighted by Crippen LogP contribution is 2.19. The van der Waals surface area contributed by atoms with Gasteiger partial charge in [0, 0.05) is 18.3 Å². The summed E-state index contributed by atoms with van der Waals surface area (Å²) < 4.78 is 5.41. The number of ether oxygens (including phenoxy) is 1. The fourth-order valence-electron chi connectivity index (χ4n) is 2.17. The number of rotatable bonds is 9. The fraction of sp³-hybridized carbons (Fsp3) is 0.389. The highest BCUT2D eigenvalue weighted by atomic mass is 16.5. The molecule has 2 rings (SSSR count). The van der Waals surface area contributed by atoms with Crippen LogP contribution in [0.5, 0.6) is 5.75 Å². The van der Waals surface area contributed by atoms with E-state index in [0.29, 0.717) is 24.7 Å². The number of benzene rings is 1. The highest BCUT2D eigenvalue weighted by molar-refractivity contribution is 5.92. The normalized spacial score (nSPS) is 10.2. The van der Waals surface area contributed by atoms with E-state index in [-0.39, 0.29) is 5.91 Å². The molecule has 1 aromatic heterocycles. The first kappa shape index (κ1) is 17.7. The molecule has 0 aliphatic heterocycles. The summed E-state index contributed by atoms with van der Waals surface area (Å²) in [4.78, 5) is 20.3. The van der Waals surface area contributed by atoms with Crippen molar-refractivity contribution in [3.8, 4) is 5.75 Å². The number of nitrogens with one attached hydrogen (secondary N) is 2. The van der Waals surface area contributed by atoms with Crippen LogP contribution in [0.3, 0.4) is 0 Å². The summed E-state index contributed by atoms with van der Waals surface area (Å²) in [7, 11) is 0. The Kier molecular flexibility index (Phi) is 7.01. The van der Waals surface area contributed by atoms with E-state index in [1.807, 2.05) is 31.2 Å². The van der Waals surface area contributed by atoms with Gasteiger partial charge in [0.15, 0.2) is 0 Å². The fourth-order valence-corrected chi connectivity index (χ4v) is 2.17. The SMILES string of the molecule is CCCCCNC(=O)c1cc(Nc2ccc(OCC)cc2)ncn1. The van der Waals surface area contributed by atoms with Crippen molar-refractivity contribution in [2.45, 2.75) is 33.1 Å². The lowest BCUT2D eigenvalue weighted by Crippen LogP contribution is -2.25. The number of hydrogen-bond donors (Lipinski definition) is 2. The van der Waals surface area contributed by atoms with Crippen LogP contribution in [-0.4, -0.2) is 29.0 Å². The van der Waals surface area contributed by atoms with Gasteiger partial charge in [0.05, 0.1) is 6.61 Å². The van der Waals surface area contributed by atoms with E-state index in [1.54, 1.807) is 6.07 Å². The van der Waals surface area contributed by atoms with Crippen molar-refractivity contribution in [3.63, 3.8) is 0 Å². The zero-order valence-corrected chi connectivity index (χ0v) is 14.2. The molecule has 0 aliphatic carbocycles. The van der Waals surface area contributed by atoms with Gasteiger partial charge in [-0.1, -0.05) is 19.8 Å². The summed E-state index contributed by atoms with van der Waals surface area (Å²) in [6, 6.07) is 9.21. The van der Waals surface area contributed by atoms with Gasteiger partial charge in [0.25, 0.3) is 5.91 Å². The van der Waals surface area contributed by atoms with Crippen LogP contribution in [0.25, 0.3) is 0 Å². The zero-order chi connectivity index (χ0) is 17.2. The van der Waals surface area contributed by atoms with Crippen molar-refractivity contribution in [2.75, 3.05) is 18.5 Å². The summed E-state index contributed by atoms with van der Waals surface area (Å²) in [6.45, 7) is 5.38. The summed E-state index contributed by atoms with van der Waals surface area (Å²) in [6.07, 6.45) is 4.59. The van der Waals surface area contributed by atoms with Gasteiger partial charge >= 0.3 is 0 Å². The highest BCUT2D eigenvalue weighted by Gasteiger charge is 2.08. The Hall–Kier alpha value is -2.63. The second-order valence-electron chi connectivity index (χ2n) is 5.33. The Labute approximate surface area is 142 Å². The van der Waals surface area contributed by atoms with E-state index in [0.717, 1.165) is 30.7 Å². The molecule has 6 heteroatoms. The molecule has 1 aromatic carbocycles. The van der Waals surface area contributed by atoms with Crippen molar-refractivity contribution in [3.05, 3.63) is 42.4 Å². The van der Waals surface area contributed by atoms with E-state index in [4.69, 9.17) is 4.74 Å². The Balaban J connectivity index is 1.95. The summed E-state index contributed by atoms with van der Waals surface area (Å²) >= 11 is 0. The maximum atomic E-state index is 12.1. The Morgan fingerprint density at radius 1 is 1.12 bits per heavy atom. The number of anilines is 2. The molecule has 0 radical (unpaired) electrons. The van der Waals surface area contributed by atoms with Crippen molar-refractivity contribution in [1.82, 2.24) is 15.3 Å². The lowest BCUT2D eigenvalue weighted by molar-refractivity contribution is 0.0948. The smallest absolute Gasteiger partial charge is 0.270 e. The Morgan fingerprint density at radius 2 is 1.92 bits per heavy atom. The maximum Gasteiger partial charge on any atom is 0.270 e. The number of hydrogen-bond acceptors (Lipinski definition) is 5. The molecule has 24 heavy (non-hydrogen) atoms. The quantitative estimate of drug-likeness (QED) is 0.689. The van der Waals surface area contributed by atoms with Gasteiger partial charge in [0.2, 0.25) is 0 Å². The average molecular weight is 328 g/mol. The molecule has 1 heterocycles. The number of nitrogens with zero attached hydrogens (tertiary/aromatic N) is 2. The van der Waals surface area contributed by atoms with Crippen LogP contribution in [0.1, 0.15) is 43.6 Å². The minimum Gasteiger partial charge on any atom is -0.494 e. The number of aromatic nitrogens is 2. The molecule has 2 N–H and O–H groups in total. The molecule has 0 atom stereocenters. The summed E-state index contributed by atoms with van der Waals surface area (Å²) in [5.41, 5.74) is 1.22. The van der Waals surface area contributed by atoms with E-state index in [1.165, 1.54) is 6.33 Å². The molecular weight excluding hydrogens is 304 g/mol. The predicted octanol–water partition coefficient (Wildman–Crippen LogP) is 3.54. The molecule has 0 saturated carbocycles. The number of amides is 1. The molecule has 0 unspecified atom stereocenters. The molecule has 128 valence electrons. The van der Waals surface area contributed by atoms with Crippen LogP contribution in [0.2, 0.25) is 0 Å². The van der Waals surface area contributed by atoms with Gasteiger partial charge in [-0.05, 0) is 37.6 Å². The zero-order valence-electron chi connectivity index (χ0n) is 14.2. The van der Waals surface area contributed by atoms with E-state index in [2.05, 4.69) is 27.5 Å². The number of carbonyl (C=O) groups excluding carboxylic acids is 1. The third kappa shape index (κ3) is 5.53. The van der Waals surface area contributed by atoms with Crippen LogP contribution >= 0.6 is 0 Å². The first-order valence-electron chi connectivity index (χ1n) is 8.33. The van der Waals surface area contributed by atoms with Crippen LogP contribution in [0.4, 0.5) is 11.5 Å². The Bertz CT molecular complexity index is 644. The van der Waals surface area contributed by atoms with Gasteiger partial charge in [0.1, 0.15) is 23.6 Å². The van der Waals surface area contributed by atoms with Crippen LogP contribution in [-0.2, 0) is 0 Å². The monoisotopic (exact) mass is 328 g/mol. The van der Waals surface area contributed by atoms with E-state index in [9.17, 15) is 4.79 Å². The lowest BCUT2D eigenvalue weighted by Gasteiger charge is -2.08. The molecule has 6 nitrogen and oxygen atoms in total. The Morgan fingerprint density at radius 3 is 2.62 bits per heavy atom.